The van der Waals surface area contributed by atoms with Gasteiger partial charge in [-0.3, -0.25) is 0 Å². The predicted molar refractivity (Wildman–Crippen MR) is 136 cm³/mol. The summed E-state index contributed by atoms with van der Waals surface area (Å²) in [6.45, 7) is 8.67. The van der Waals surface area contributed by atoms with Gasteiger partial charge in [-0.05, 0) is 44.6 Å². The molecular weight excluding hydrogens is 440 g/mol. The first-order chi connectivity index (χ1) is 15.6. The highest BCUT2D eigenvalue weighted by Gasteiger charge is 2.21. The Kier molecular flexibility index (Phi) is 8.97. The van der Waals surface area contributed by atoms with Gasteiger partial charge < -0.3 is 24.4 Å². The minimum Gasteiger partial charge on any atom is -0.391 e. The molecule has 2 aromatic rings. The average Bonchev–Trinajstić information content (AvgIpc) is 3.33. The Balaban J connectivity index is 0.000000555. The molecule has 0 aromatic carbocycles. The van der Waals surface area contributed by atoms with Crippen LogP contribution in [0.5, 0.6) is 0 Å². The number of nitrogens with zero attached hydrogens (tertiary/aromatic N) is 4. The second-order valence-electron chi connectivity index (χ2n) is 9.26. The summed E-state index contributed by atoms with van der Waals surface area (Å²) in [5.41, 5.74) is 5.28. The van der Waals surface area contributed by atoms with Crippen molar-refractivity contribution < 1.29 is 19.8 Å². The molecule has 0 radical (unpaired) electrons. The van der Waals surface area contributed by atoms with Crippen LogP contribution < -0.4 is 0 Å². The van der Waals surface area contributed by atoms with Gasteiger partial charge in [0.1, 0.15) is 12.2 Å². The number of aliphatic hydroxyl groups is 1. The van der Waals surface area contributed by atoms with E-state index in [1.165, 1.54) is 10.6 Å². The number of rotatable bonds is 7. The Morgan fingerprint density at radius 3 is 2.64 bits per heavy atom. The van der Waals surface area contributed by atoms with E-state index in [0.29, 0.717) is 39.6 Å². The molecule has 9 heteroatoms. The summed E-state index contributed by atoms with van der Waals surface area (Å²) in [5.74, 6) is 4.97. The van der Waals surface area contributed by atoms with Crippen molar-refractivity contribution in [3.05, 3.63) is 35.8 Å². The molecule has 0 amide bonds. The summed E-state index contributed by atoms with van der Waals surface area (Å²) in [4.78, 5) is 9.64. The Morgan fingerprint density at radius 2 is 2.03 bits per heavy atom. The largest absolute Gasteiger partial charge is 0.391 e. The summed E-state index contributed by atoms with van der Waals surface area (Å²) in [7, 11) is 0.121. The molecule has 182 valence electrons. The van der Waals surface area contributed by atoms with E-state index in [2.05, 4.69) is 18.2 Å². The van der Waals surface area contributed by atoms with Gasteiger partial charge in [0.05, 0.1) is 37.3 Å². The zero-order valence-electron chi connectivity index (χ0n) is 20.1. The zero-order chi connectivity index (χ0) is 24.0. The second-order valence-corrected chi connectivity index (χ2v) is 11.2. The van der Waals surface area contributed by atoms with Gasteiger partial charge in [0, 0.05) is 30.6 Å². The topological polar surface area (TPSA) is 92.9 Å². The lowest BCUT2D eigenvalue weighted by Gasteiger charge is -2.13. The van der Waals surface area contributed by atoms with Crippen molar-refractivity contribution in [3.63, 3.8) is 0 Å². The van der Waals surface area contributed by atoms with Crippen LogP contribution in [-0.4, -0.2) is 86.3 Å². The van der Waals surface area contributed by atoms with Gasteiger partial charge >= 0.3 is 0 Å². The lowest BCUT2D eigenvalue weighted by atomic mass is 10.1. The average molecular weight is 477 g/mol. The standard InChI is InChI=1S/C20H26N4O3S.C4H10O/c1-28(2)10-9-27-14-23-13-17(16-3-6-24(25)12-16)19-20(23)21-11-18(22-19)15-4-7-26-8-5-15;1-4(2,3)5/h3-4,11,13,25H,1,5-10,12,14H2,2H3;5H,1-3H3/t28-;/m0./s1. The Bertz CT molecular complexity index is 1030. The van der Waals surface area contributed by atoms with Crippen LogP contribution in [0, 0.1) is 0 Å². The van der Waals surface area contributed by atoms with Gasteiger partial charge in [-0.25, -0.2) is 9.97 Å². The minimum absolute atomic E-state index is 0.121. The number of hydrogen-bond donors (Lipinski definition) is 2. The molecule has 0 aliphatic carbocycles. The third-order valence-electron chi connectivity index (χ3n) is 4.91. The molecule has 0 fully saturated rings. The molecule has 4 rings (SSSR count). The molecule has 0 bridgehead atoms. The van der Waals surface area contributed by atoms with Crippen molar-refractivity contribution in [3.8, 4) is 0 Å². The Hall–Kier alpha value is -1.88. The second kappa shape index (κ2) is 11.5. The summed E-state index contributed by atoms with van der Waals surface area (Å²) in [6, 6.07) is 0. The summed E-state index contributed by atoms with van der Waals surface area (Å²) in [6.07, 6.45) is 10.9. The molecule has 2 aromatic heterocycles. The maximum Gasteiger partial charge on any atom is 0.161 e. The first kappa shape index (κ1) is 25.7. The van der Waals surface area contributed by atoms with Crippen LogP contribution in [0.25, 0.3) is 22.3 Å². The van der Waals surface area contributed by atoms with Gasteiger partial charge in [-0.1, -0.05) is 18.0 Å². The molecule has 0 saturated heterocycles. The first-order valence-electron chi connectivity index (χ1n) is 11.1. The highest BCUT2D eigenvalue weighted by Crippen LogP contribution is 2.29. The van der Waals surface area contributed by atoms with E-state index in [1.807, 2.05) is 23.0 Å². The quantitative estimate of drug-likeness (QED) is 0.467. The van der Waals surface area contributed by atoms with E-state index >= 15 is 0 Å². The summed E-state index contributed by atoms with van der Waals surface area (Å²) < 4.78 is 13.2. The van der Waals surface area contributed by atoms with Crippen LogP contribution in [0.2, 0.25) is 0 Å². The maximum absolute atomic E-state index is 9.81. The van der Waals surface area contributed by atoms with Crippen LogP contribution >= 0.6 is 10.5 Å². The van der Waals surface area contributed by atoms with Crippen molar-refractivity contribution in [1.82, 2.24) is 19.6 Å². The minimum atomic E-state index is -0.500. The molecule has 2 aliphatic rings. The number of fused-ring (bicyclic) bond motifs is 1. The van der Waals surface area contributed by atoms with Crippen molar-refractivity contribution in [1.29, 1.82) is 0 Å². The molecule has 4 heterocycles. The van der Waals surface area contributed by atoms with E-state index in [-0.39, 0.29) is 10.5 Å². The van der Waals surface area contributed by atoms with Gasteiger partial charge in [0.25, 0.3) is 0 Å². The van der Waals surface area contributed by atoms with Crippen LogP contribution in [0.15, 0.2) is 24.5 Å². The summed E-state index contributed by atoms with van der Waals surface area (Å²) in [5, 5.41) is 19.6. The molecule has 2 aliphatic heterocycles. The van der Waals surface area contributed by atoms with E-state index in [4.69, 9.17) is 24.5 Å². The SMILES string of the molecule is C=[S@@](C)CCOCn1cc(C2=CCN(O)C2)c2nc(C3=CCOCC3)cnc21.CC(C)(C)O. The Morgan fingerprint density at radius 1 is 1.27 bits per heavy atom. The van der Waals surface area contributed by atoms with Crippen molar-refractivity contribution in [2.45, 2.75) is 39.5 Å². The smallest absolute Gasteiger partial charge is 0.161 e. The lowest BCUT2D eigenvalue weighted by molar-refractivity contribution is -0.0610. The van der Waals surface area contributed by atoms with Crippen LogP contribution in [0.4, 0.5) is 0 Å². The van der Waals surface area contributed by atoms with Crippen LogP contribution in [0.3, 0.4) is 0 Å². The maximum atomic E-state index is 9.81. The van der Waals surface area contributed by atoms with E-state index in [9.17, 15) is 5.21 Å². The van der Waals surface area contributed by atoms with E-state index in [1.54, 1.807) is 20.8 Å². The monoisotopic (exact) mass is 476 g/mol. The van der Waals surface area contributed by atoms with E-state index < -0.39 is 5.60 Å². The fraction of sp³-hybridized carbons (Fsp3) is 0.542. The number of aromatic nitrogens is 3. The fourth-order valence-corrected chi connectivity index (χ4v) is 3.80. The summed E-state index contributed by atoms with van der Waals surface area (Å²) >= 11 is 0. The molecular formula is C24H36N4O4S. The van der Waals surface area contributed by atoms with Crippen LogP contribution in [0.1, 0.15) is 38.4 Å². The van der Waals surface area contributed by atoms with Gasteiger partial charge in [0.15, 0.2) is 5.65 Å². The molecule has 0 saturated carbocycles. The highest BCUT2D eigenvalue weighted by molar-refractivity contribution is 8.13. The first-order valence-corrected chi connectivity index (χ1v) is 13.1. The lowest BCUT2D eigenvalue weighted by Crippen LogP contribution is -2.14. The fourth-order valence-electron chi connectivity index (χ4n) is 3.40. The number of ether oxygens (including phenoxy) is 2. The van der Waals surface area contributed by atoms with Gasteiger partial charge in [0.2, 0.25) is 0 Å². The highest BCUT2D eigenvalue weighted by atomic mass is 32.2. The van der Waals surface area contributed by atoms with Crippen molar-refractivity contribution >= 4 is 38.7 Å². The molecule has 8 nitrogen and oxygen atoms in total. The molecule has 0 unspecified atom stereocenters. The van der Waals surface area contributed by atoms with Crippen molar-refractivity contribution in [2.75, 3.05) is 44.9 Å². The van der Waals surface area contributed by atoms with Gasteiger partial charge in [-0.2, -0.15) is 15.5 Å². The zero-order valence-corrected chi connectivity index (χ0v) is 20.9. The normalized spacial score (nSPS) is 18.0. The van der Waals surface area contributed by atoms with Crippen LogP contribution in [-0.2, 0) is 16.2 Å². The Labute approximate surface area is 198 Å². The third-order valence-corrected chi connectivity index (χ3v) is 5.77. The molecule has 33 heavy (non-hydrogen) atoms. The number of hydroxylamine groups is 2. The van der Waals surface area contributed by atoms with Gasteiger partial charge in [-0.15, -0.1) is 0 Å². The molecule has 2 N–H and O–H groups in total. The predicted octanol–water partition coefficient (Wildman–Crippen LogP) is 3.41. The number of hydrogen-bond acceptors (Lipinski definition) is 7. The third kappa shape index (κ3) is 7.84. The van der Waals surface area contributed by atoms with Crippen molar-refractivity contribution in [2.24, 2.45) is 0 Å². The molecule has 1 atom stereocenters. The molecule has 0 spiro atoms. The van der Waals surface area contributed by atoms with E-state index in [0.717, 1.165) is 40.2 Å².